The van der Waals surface area contributed by atoms with Crippen LogP contribution in [0.25, 0.3) is 0 Å². The molecule has 0 radical (unpaired) electrons. The Bertz CT molecular complexity index is 1760. The molecule has 0 spiro atoms. The standard InChI is InChI=1S/C36H40FN3O6S/c1-36(2,3)38-35(42)32(22-26-12-8-6-9-13-26)39(24-27-16-18-28(37)19-17-27)34(41)25-40(47(43,44)30-14-10-7-11-15-30)31-23-29(45-4)20-21-33(31)46-5/h6-21,23,32H,22,24-25H2,1-5H3,(H,38,42). The lowest BCUT2D eigenvalue weighted by Gasteiger charge is -2.35. The van der Waals surface area contributed by atoms with Crippen LogP contribution < -0.4 is 19.1 Å². The number of sulfonamides is 1. The molecule has 248 valence electrons. The second kappa shape index (κ2) is 15.1. The van der Waals surface area contributed by atoms with Crippen molar-refractivity contribution in [3.05, 3.63) is 120 Å². The van der Waals surface area contributed by atoms with E-state index in [4.69, 9.17) is 9.47 Å². The topological polar surface area (TPSA) is 105 Å². The van der Waals surface area contributed by atoms with Crippen LogP contribution in [-0.4, -0.2) is 57.5 Å². The molecule has 11 heteroatoms. The second-order valence-corrected chi connectivity index (χ2v) is 13.8. The Balaban J connectivity index is 1.87. The molecular weight excluding hydrogens is 621 g/mol. The van der Waals surface area contributed by atoms with E-state index in [1.54, 1.807) is 30.3 Å². The number of benzene rings is 4. The maximum Gasteiger partial charge on any atom is 0.264 e. The average molecular weight is 662 g/mol. The molecule has 0 heterocycles. The molecule has 9 nitrogen and oxygen atoms in total. The predicted molar refractivity (Wildman–Crippen MR) is 179 cm³/mol. The Morgan fingerprint density at radius 2 is 1.45 bits per heavy atom. The summed E-state index contributed by atoms with van der Waals surface area (Å²) in [5.41, 5.74) is 0.789. The molecule has 4 aromatic rings. The molecular formula is C36H40FN3O6S. The Kier molecular flexibility index (Phi) is 11.3. The summed E-state index contributed by atoms with van der Waals surface area (Å²) in [5, 5.41) is 2.98. The van der Waals surface area contributed by atoms with Gasteiger partial charge in [0.2, 0.25) is 11.8 Å². The number of rotatable bonds is 13. The van der Waals surface area contributed by atoms with Gasteiger partial charge in [0.1, 0.15) is 29.9 Å². The van der Waals surface area contributed by atoms with Crippen LogP contribution in [0.15, 0.2) is 108 Å². The Labute approximate surface area is 276 Å². The van der Waals surface area contributed by atoms with E-state index in [-0.39, 0.29) is 29.3 Å². The van der Waals surface area contributed by atoms with Gasteiger partial charge in [0, 0.05) is 24.6 Å². The number of methoxy groups -OCH3 is 2. The highest BCUT2D eigenvalue weighted by atomic mass is 32.2. The van der Waals surface area contributed by atoms with E-state index in [0.717, 1.165) is 9.87 Å². The summed E-state index contributed by atoms with van der Waals surface area (Å²) in [6.07, 6.45) is 0.142. The molecule has 0 saturated carbocycles. The van der Waals surface area contributed by atoms with E-state index in [9.17, 15) is 22.4 Å². The average Bonchev–Trinajstić information content (AvgIpc) is 3.05. The van der Waals surface area contributed by atoms with Gasteiger partial charge in [-0.15, -0.1) is 0 Å². The zero-order valence-corrected chi connectivity index (χ0v) is 28.0. The first-order chi connectivity index (χ1) is 22.3. The van der Waals surface area contributed by atoms with E-state index in [1.165, 1.54) is 61.6 Å². The molecule has 0 aliphatic rings. The lowest BCUT2D eigenvalue weighted by Crippen LogP contribution is -2.56. The number of nitrogens with zero attached hydrogens (tertiary/aromatic N) is 2. The van der Waals surface area contributed by atoms with Gasteiger partial charge in [-0.05, 0) is 68.3 Å². The molecule has 2 amide bonds. The number of ether oxygens (including phenoxy) is 2. The molecule has 1 atom stereocenters. The van der Waals surface area contributed by atoms with E-state index in [1.807, 2.05) is 51.1 Å². The Hall–Kier alpha value is -4.90. The van der Waals surface area contributed by atoms with Crippen LogP contribution in [0, 0.1) is 5.82 Å². The van der Waals surface area contributed by atoms with Crippen molar-refractivity contribution in [3.63, 3.8) is 0 Å². The van der Waals surface area contributed by atoms with Gasteiger partial charge in [0.25, 0.3) is 10.0 Å². The maximum absolute atomic E-state index is 14.6. The molecule has 0 fully saturated rings. The summed E-state index contributed by atoms with van der Waals surface area (Å²) in [6, 6.07) is 26.1. The van der Waals surface area contributed by atoms with Crippen LogP contribution in [0.1, 0.15) is 31.9 Å². The Morgan fingerprint density at radius 3 is 2.02 bits per heavy atom. The van der Waals surface area contributed by atoms with Crippen LogP contribution in [0.4, 0.5) is 10.1 Å². The zero-order valence-electron chi connectivity index (χ0n) is 27.1. The highest BCUT2D eigenvalue weighted by molar-refractivity contribution is 7.92. The minimum Gasteiger partial charge on any atom is -0.497 e. The van der Waals surface area contributed by atoms with Crippen LogP contribution >= 0.6 is 0 Å². The van der Waals surface area contributed by atoms with Crippen molar-refractivity contribution >= 4 is 27.5 Å². The summed E-state index contributed by atoms with van der Waals surface area (Å²) in [5.74, 6) is -1.01. The molecule has 4 aromatic carbocycles. The van der Waals surface area contributed by atoms with Gasteiger partial charge in [0.15, 0.2) is 0 Å². The molecule has 0 aliphatic carbocycles. The molecule has 0 bridgehead atoms. The fourth-order valence-electron chi connectivity index (χ4n) is 5.02. The van der Waals surface area contributed by atoms with Crippen molar-refractivity contribution in [2.75, 3.05) is 25.1 Å². The number of nitrogens with one attached hydrogen (secondary N) is 1. The number of hydrogen-bond acceptors (Lipinski definition) is 6. The molecule has 1 N–H and O–H groups in total. The molecule has 47 heavy (non-hydrogen) atoms. The van der Waals surface area contributed by atoms with Crippen molar-refractivity contribution in [3.8, 4) is 11.5 Å². The second-order valence-electron chi connectivity index (χ2n) is 12.0. The fourth-order valence-corrected chi connectivity index (χ4v) is 6.46. The van der Waals surface area contributed by atoms with Gasteiger partial charge in [-0.3, -0.25) is 13.9 Å². The van der Waals surface area contributed by atoms with Crippen LogP contribution in [0.5, 0.6) is 11.5 Å². The lowest BCUT2D eigenvalue weighted by molar-refractivity contribution is -0.140. The van der Waals surface area contributed by atoms with E-state index < -0.39 is 45.8 Å². The smallest absolute Gasteiger partial charge is 0.264 e. The van der Waals surface area contributed by atoms with Gasteiger partial charge in [-0.25, -0.2) is 12.8 Å². The minimum absolute atomic E-state index is 0.0472. The van der Waals surface area contributed by atoms with E-state index >= 15 is 0 Å². The van der Waals surface area contributed by atoms with Gasteiger partial charge in [-0.1, -0.05) is 60.7 Å². The third kappa shape index (κ3) is 9.10. The number of carbonyl (C=O) groups excluding carboxylic acids is 2. The van der Waals surface area contributed by atoms with Crippen molar-refractivity contribution in [2.45, 2.75) is 50.2 Å². The van der Waals surface area contributed by atoms with E-state index in [0.29, 0.717) is 11.3 Å². The molecule has 0 saturated heterocycles. The summed E-state index contributed by atoms with van der Waals surface area (Å²) >= 11 is 0. The first-order valence-electron chi connectivity index (χ1n) is 15.0. The lowest BCUT2D eigenvalue weighted by atomic mass is 10.0. The highest BCUT2D eigenvalue weighted by Crippen LogP contribution is 2.36. The predicted octanol–water partition coefficient (Wildman–Crippen LogP) is 5.59. The van der Waals surface area contributed by atoms with Crippen molar-refractivity contribution in [1.82, 2.24) is 10.2 Å². The monoisotopic (exact) mass is 661 g/mol. The highest BCUT2D eigenvalue weighted by Gasteiger charge is 2.36. The first-order valence-corrected chi connectivity index (χ1v) is 16.5. The molecule has 4 rings (SSSR count). The third-order valence-corrected chi connectivity index (χ3v) is 9.07. The SMILES string of the molecule is COc1ccc(OC)c(N(CC(=O)N(Cc2ccc(F)cc2)C(Cc2ccccc2)C(=O)NC(C)(C)C)S(=O)(=O)c2ccccc2)c1. The van der Waals surface area contributed by atoms with Crippen molar-refractivity contribution < 1.29 is 31.9 Å². The van der Waals surface area contributed by atoms with Gasteiger partial charge < -0.3 is 19.7 Å². The molecule has 1 unspecified atom stereocenters. The number of halogens is 1. The van der Waals surface area contributed by atoms with E-state index in [2.05, 4.69) is 5.32 Å². The van der Waals surface area contributed by atoms with Crippen LogP contribution in [0.2, 0.25) is 0 Å². The first kappa shape index (κ1) is 35.0. The van der Waals surface area contributed by atoms with Crippen LogP contribution in [0.3, 0.4) is 0 Å². The third-order valence-electron chi connectivity index (χ3n) is 7.30. The summed E-state index contributed by atoms with van der Waals surface area (Å²) in [4.78, 5) is 29.9. The number of anilines is 1. The Morgan fingerprint density at radius 1 is 0.830 bits per heavy atom. The maximum atomic E-state index is 14.6. The van der Waals surface area contributed by atoms with Crippen LogP contribution in [-0.2, 0) is 32.6 Å². The van der Waals surface area contributed by atoms with Gasteiger partial charge in [0.05, 0.1) is 24.8 Å². The summed E-state index contributed by atoms with van der Waals surface area (Å²) in [7, 11) is -1.51. The number of hydrogen-bond donors (Lipinski definition) is 1. The largest absolute Gasteiger partial charge is 0.497 e. The quantitative estimate of drug-likeness (QED) is 0.200. The molecule has 0 aromatic heterocycles. The zero-order chi connectivity index (χ0) is 34.2. The summed E-state index contributed by atoms with van der Waals surface area (Å²) < 4.78 is 54.3. The number of amides is 2. The van der Waals surface area contributed by atoms with Crippen molar-refractivity contribution in [2.24, 2.45) is 0 Å². The van der Waals surface area contributed by atoms with Gasteiger partial charge >= 0.3 is 0 Å². The minimum atomic E-state index is -4.35. The van der Waals surface area contributed by atoms with Gasteiger partial charge in [-0.2, -0.15) is 0 Å². The summed E-state index contributed by atoms with van der Waals surface area (Å²) in [6.45, 7) is 4.72. The number of carbonyl (C=O) groups is 2. The molecule has 0 aliphatic heterocycles. The van der Waals surface area contributed by atoms with Crippen molar-refractivity contribution in [1.29, 1.82) is 0 Å². The fraction of sp³-hybridized carbons (Fsp3) is 0.278. The normalized spacial score (nSPS) is 12.1.